The maximum absolute atomic E-state index is 5.60. The van der Waals surface area contributed by atoms with Crippen molar-refractivity contribution < 1.29 is 0 Å². The van der Waals surface area contributed by atoms with Gasteiger partial charge in [-0.15, -0.1) is 0 Å². The number of nitrogens with zero attached hydrogens (tertiary/aromatic N) is 1. The molecule has 16 heavy (non-hydrogen) atoms. The molecule has 0 unspecified atom stereocenters. The van der Waals surface area contributed by atoms with E-state index in [-0.39, 0.29) is 0 Å². The molecule has 0 fully saturated rings. The smallest absolute Gasteiger partial charge is 0.0463 e. The molecule has 0 aliphatic heterocycles. The van der Waals surface area contributed by atoms with Gasteiger partial charge in [-0.2, -0.15) is 0 Å². The molecule has 3 heteroatoms. The number of hydrogen-bond donors (Lipinski definition) is 2. The summed E-state index contributed by atoms with van der Waals surface area (Å²) in [4.78, 5) is 7.43. The number of pyridine rings is 1. The summed E-state index contributed by atoms with van der Waals surface area (Å²) in [5.74, 6) is 0. The summed E-state index contributed by atoms with van der Waals surface area (Å²) in [5.41, 5.74) is 8.05. The fraction of sp³-hybridized carbons (Fsp3) is 0.154. The standard InChI is InChI=1S/C13H13N3/c14-3-1-10-8-16-13-6-9-2-4-15-7-11(9)5-12(10)13/h2,4-8,16H,1,3,14H2. The van der Waals surface area contributed by atoms with E-state index in [9.17, 15) is 0 Å². The monoisotopic (exact) mass is 211 g/mol. The van der Waals surface area contributed by atoms with Crippen molar-refractivity contribution in [1.82, 2.24) is 9.97 Å². The predicted molar refractivity (Wildman–Crippen MR) is 66.4 cm³/mol. The van der Waals surface area contributed by atoms with Gasteiger partial charge >= 0.3 is 0 Å². The second-order valence-corrected chi connectivity index (χ2v) is 3.97. The number of rotatable bonds is 2. The van der Waals surface area contributed by atoms with Crippen molar-refractivity contribution in [3.05, 3.63) is 42.4 Å². The highest BCUT2D eigenvalue weighted by atomic mass is 14.7. The van der Waals surface area contributed by atoms with E-state index in [4.69, 9.17) is 5.73 Å². The van der Waals surface area contributed by atoms with Crippen LogP contribution in [0.3, 0.4) is 0 Å². The number of nitrogens with two attached hydrogens (primary N) is 1. The Kier molecular flexibility index (Phi) is 2.11. The Morgan fingerprint density at radius 1 is 1.25 bits per heavy atom. The van der Waals surface area contributed by atoms with Gasteiger partial charge in [-0.25, -0.2) is 0 Å². The van der Waals surface area contributed by atoms with Crippen LogP contribution in [0.1, 0.15) is 5.56 Å². The first kappa shape index (κ1) is 9.36. The second kappa shape index (κ2) is 3.61. The Hall–Kier alpha value is -1.87. The summed E-state index contributed by atoms with van der Waals surface area (Å²) in [5, 5.41) is 3.64. The molecule has 0 saturated heterocycles. The second-order valence-electron chi connectivity index (χ2n) is 3.97. The molecule has 0 spiro atoms. The predicted octanol–water partition coefficient (Wildman–Crippen LogP) is 2.22. The van der Waals surface area contributed by atoms with Crippen LogP contribution in [0, 0.1) is 0 Å². The van der Waals surface area contributed by atoms with Gasteiger partial charge in [-0.1, -0.05) is 0 Å². The molecule has 2 aromatic heterocycles. The summed E-state index contributed by atoms with van der Waals surface area (Å²) in [7, 11) is 0. The third kappa shape index (κ3) is 1.37. The Morgan fingerprint density at radius 2 is 2.19 bits per heavy atom. The lowest BCUT2D eigenvalue weighted by atomic mass is 10.1. The summed E-state index contributed by atoms with van der Waals surface area (Å²) >= 11 is 0. The lowest BCUT2D eigenvalue weighted by Gasteiger charge is -1.99. The average Bonchev–Trinajstić information content (AvgIpc) is 2.70. The van der Waals surface area contributed by atoms with Gasteiger partial charge in [0.2, 0.25) is 0 Å². The SMILES string of the molecule is NCCc1c[nH]c2cc3ccncc3cc12. The number of fused-ring (bicyclic) bond motifs is 2. The minimum absolute atomic E-state index is 0.679. The molecule has 2 heterocycles. The molecule has 0 saturated carbocycles. The zero-order valence-corrected chi connectivity index (χ0v) is 8.90. The largest absolute Gasteiger partial charge is 0.361 e. The zero-order valence-electron chi connectivity index (χ0n) is 8.90. The zero-order chi connectivity index (χ0) is 11.0. The van der Waals surface area contributed by atoms with E-state index >= 15 is 0 Å². The maximum Gasteiger partial charge on any atom is 0.0463 e. The molecule has 0 aliphatic rings. The van der Waals surface area contributed by atoms with E-state index in [2.05, 4.69) is 22.1 Å². The Labute approximate surface area is 93.3 Å². The molecule has 80 valence electrons. The van der Waals surface area contributed by atoms with Crippen molar-refractivity contribution in [2.75, 3.05) is 6.54 Å². The van der Waals surface area contributed by atoms with Gasteiger partial charge in [0.1, 0.15) is 0 Å². The fourth-order valence-corrected chi connectivity index (χ4v) is 2.13. The number of nitrogens with one attached hydrogen (secondary N) is 1. The Morgan fingerprint density at radius 3 is 3.06 bits per heavy atom. The molecule has 0 aliphatic carbocycles. The van der Waals surface area contributed by atoms with E-state index in [0.717, 1.165) is 6.42 Å². The molecule has 3 N–H and O–H groups in total. The van der Waals surface area contributed by atoms with Crippen LogP contribution >= 0.6 is 0 Å². The molecule has 3 nitrogen and oxygen atoms in total. The minimum Gasteiger partial charge on any atom is -0.361 e. The van der Waals surface area contributed by atoms with Crippen LogP contribution in [-0.2, 0) is 6.42 Å². The molecular formula is C13H13N3. The third-order valence-corrected chi connectivity index (χ3v) is 2.94. The van der Waals surface area contributed by atoms with Crippen LogP contribution in [0.2, 0.25) is 0 Å². The Bertz CT molecular complexity index is 640. The molecular weight excluding hydrogens is 198 g/mol. The highest BCUT2D eigenvalue weighted by Crippen LogP contribution is 2.24. The number of H-pyrrole nitrogens is 1. The first-order valence-electron chi connectivity index (χ1n) is 5.42. The van der Waals surface area contributed by atoms with Crippen molar-refractivity contribution >= 4 is 21.7 Å². The number of aromatic amines is 1. The van der Waals surface area contributed by atoms with Gasteiger partial charge in [0, 0.05) is 34.9 Å². The van der Waals surface area contributed by atoms with E-state index in [1.807, 2.05) is 24.7 Å². The van der Waals surface area contributed by atoms with Gasteiger partial charge in [0.15, 0.2) is 0 Å². The first-order valence-corrected chi connectivity index (χ1v) is 5.42. The topological polar surface area (TPSA) is 54.7 Å². The van der Waals surface area contributed by atoms with Crippen molar-refractivity contribution in [1.29, 1.82) is 0 Å². The van der Waals surface area contributed by atoms with Crippen molar-refractivity contribution in [3.63, 3.8) is 0 Å². The fourth-order valence-electron chi connectivity index (χ4n) is 2.13. The first-order chi connectivity index (χ1) is 7.88. The number of aromatic nitrogens is 2. The van der Waals surface area contributed by atoms with Crippen LogP contribution in [0.5, 0.6) is 0 Å². The van der Waals surface area contributed by atoms with Crippen LogP contribution in [-0.4, -0.2) is 16.5 Å². The Balaban J connectivity index is 2.31. The highest BCUT2D eigenvalue weighted by Gasteiger charge is 2.04. The lowest BCUT2D eigenvalue weighted by Crippen LogP contribution is -2.01. The molecule has 0 atom stereocenters. The van der Waals surface area contributed by atoms with Gasteiger partial charge in [-0.3, -0.25) is 4.98 Å². The van der Waals surface area contributed by atoms with Crippen molar-refractivity contribution in [2.24, 2.45) is 5.73 Å². The minimum atomic E-state index is 0.679. The third-order valence-electron chi connectivity index (χ3n) is 2.94. The lowest BCUT2D eigenvalue weighted by molar-refractivity contribution is 0.976. The molecule has 0 radical (unpaired) electrons. The molecule has 1 aromatic carbocycles. The molecule has 3 rings (SSSR count). The van der Waals surface area contributed by atoms with Crippen molar-refractivity contribution in [3.8, 4) is 0 Å². The van der Waals surface area contributed by atoms with Gasteiger partial charge in [0.25, 0.3) is 0 Å². The highest BCUT2D eigenvalue weighted by molar-refractivity contribution is 5.97. The van der Waals surface area contributed by atoms with E-state index < -0.39 is 0 Å². The summed E-state index contributed by atoms with van der Waals surface area (Å²) < 4.78 is 0. The molecule has 0 amide bonds. The summed E-state index contributed by atoms with van der Waals surface area (Å²) in [6, 6.07) is 6.36. The number of hydrogen-bond acceptors (Lipinski definition) is 2. The van der Waals surface area contributed by atoms with Crippen LogP contribution in [0.15, 0.2) is 36.8 Å². The van der Waals surface area contributed by atoms with Gasteiger partial charge in [-0.05, 0) is 42.1 Å². The van der Waals surface area contributed by atoms with Crippen LogP contribution in [0.4, 0.5) is 0 Å². The van der Waals surface area contributed by atoms with E-state index in [1.54, 1.807) is 0 Å². The van der Waals surface area contributed by atoms with E-state index in [1.165, 1.54) is 27.2 Å². The van der Waals surface area contributed by atoms with Crippen molar-refractivity contribution in [2.45, 2.75) is 6.42 Å². The molecule has 0 bridgehead atoms. The molecule has 3 aromatic rings. The summed E-state index contributed by atoms with van der Waals surface area (Å²) in [6.45, 7) is 0.679. The number of benzene rings is 1. The normalized spacial score (nSPS) is 11.3. The van der Waals surface area contributed by atoms with E-state index in [0.29, 0.717) is 6.54 Å². The quantitative estimate of drug-likeness (QED) is 0.682. The van der Waals surface area contributed by atoms with Gasteiger partial charge in [0.05, 0.1) is 0 Å². The van der Waals surface area contributed by atoms with Crippen LogP contribution < -0.4 is 5.73 Å². The van der Waals surface area contributed by atoms with Crippen LogP contribution in [0.25, 0.3) is 21.7 Å². The maximum atomic E-state index is 5.60. The van der Waals surface area contributed by atoms with Gasteiger partial charge < -0.3 is 10.7 Å². The average molecular weight is 211 g/mol. The summed E-state index contributed by atoms with van der Waals surface area (Å²) in [6.07, 6.45) is 6.67.